The predicted molar refractivity (Wildman–Crippen MR) is 99.8 cm³/mol. The second kappa shape index (κ2) is 10.7. The molecule has 0 fully saturated rings. The highest BCUT2D eigenvalue weighted by Gasteiger charge is 2.20. The predicted octanol–water partition coefficient (Wildman–Crippen LogP) is 2.75. The van der Waals surface area contributed by atoms with Gasteiger partial charge in [0.05, 0.1) is 12.5 Å². The minimum Gasteiger partial charge on any atom is -0.481 e. The molecule has 25 heavy (non-hydrogen) atoms. The monoisotopic (exact) mass is 349 g/mol. The average Bonchev–Trinajstić information content (AvgIpc) is 2.62. The highest BCUT2D eigenvalue weighted by molar-refractivity contribution is 5.75. The molecule has 0 saturated heterocycles. The molecule has 1 aromatic rings. The average molecular weight is 349 g/mol. The van der Waals surface area contributed by atoms with E-state index < -0.39 is 5.97 Å². The van der Waals surface area contributed by atoms with E-state index in [1.54, 1.807) is 7.05 Å². The third-order valence-corrected chi connectivity index (χ3v) is 4.48. The number of nitrogens with zero attached hydrogens (tertiary/aromatic N) is 2. The van der Waals surface area contributed by atoms with Crippen LogP contribution in [-0.4, -0.2) is 60.1 Å². The summed E-state index contributed by atoms with van der Waals surface area (Å²) < 4.78 is 0. The van der Waals surface area contributed by atoms with E-state index in [9.17, 15) is 9.59 Å². The fourth-order valence-corrected chi connectivity index (χ4v) is 2.78. The van der Waals surface area contributed by atoms with Crippen molar-refractivity contribution in [3.63, 3.8) is 0 Å². The summed E-state index contributed by atoms with van der Waals surface area (Å²) in [5.41, 5.74) is 2.47. The zero-order valence-electron chi connectivity index (χ0n) is 15.8. The van der Waals surface area contributed by atoms with E-state index in [4.69, 9.17) is 5.11 Å². The molecule has 0 spiro atoms. The van der Waals surface area contributed by atoms with Crippen molar-refractivity contribution >= 4 is 12.0 Å². The number of nitrogens with one attached hydrogen (secondary N) is 1. The summed E-state index contributed by atoms with van der Waals surface area (Å²) in [4.78, 5) is 26.5. The van der Waals surface area contributed by atoms with E-state index in [0.717, 1.165) is 19.5 Å². The van der Waals surface area contributed by atoms with Gasteiger partial charge in [-0.1, -0.05) is 45.0 Å². The first kappa shape index (κ1) is 21.0. The number of carboxylic acid groups (broad SMARTS) is 1. The number of aliphatic carboxylic acids is 1. The molecule has 0 aliphatic heterocycles. The Labute approximate surface area is 150 Å². The SMILES string of the molecule is CCc1ccc(C(CNC(=O)N(C)CCC(=O)O)N(CC)CC)cc1. The number of benzene rings is 1. The van der Waals surface area contributed by atoms with Crippen LogP contribution >= 0.6 is 0 Å². The zero-order chi connectivity index (χ0) is 18.8. The van der Waals surface area contributed by atoms with Gasteiger partial charge in [-0.2, -0.15) is 0 Å². The summed E-state index contributed by atoms with van der Waals surface area (Å²) in [5, 5.41) is 11.7. The Hall–Kier alpha value is -2.08. The molecule has 0 bridgehead atoms. The standard InChI is InChI=1S/C19H31N3O3/c1-5-15-8-10-16(11-9-15)17(22(6-2)7-3)14-20-19(25)21(4)13-12-18(23)24/h8-11,17H,5-7,12-14H2,1-4H3,(H,20,25)(H,23,24). The fourth-order valence-electron chi connectivity index (χ4n) is 2.78. The molecule has 0 radical (unpaired) electrons. The Morgan fingerprint density at radius 1 is 1.12 bits per heavy atom. The van der Waals surface area contributed by atoms with Crippen LogP contribution in [0.3, 0.4) is 0 Å². The second-order valence-corrected chi connectivity index (χ2v) is 6.08. The summed E-state index contributed by atoms with van der Waals surface area (Å²) in [5.74, 6) is -0.906. The number of likely N-dealkylation sites (N-methyl/N-ethyl adjacent to an activating group) is 1. The number of carbonyl (C=O) groups is 2. The quantitative estimate of drug-likeness (QED) is 0.681. The molecule has 1 aromatic carbocycles. The molecule has 1 rings (SSSR count). The van der Waals surface area contributed by atoms with Crippen molar-refractivity contribution in [1.82, 2.24) is 15.1 Å². The number of carbonyl (C=O) groups excluding carboxylic acids is 1. The summed E-state index contributed by atoms with van der Waals surface area (Å²) >= 11 is 0. The Morgan fingerprint density at radius 2 is 1.72 bits per heavy atom. The maximum atomic E-state index is 12.2. The number of carboxylic acids is 1. The first-order chi connectivity index (χ1) is 11.9. The van der Waals surface area contributed by atoms with E-state index in [2.05, 4.69) is 55.3 Å². The van der Waals surface area contributed by atoms with Gasteiger partial charge in [-0.05, 0) is 30.6 Å². The van der Waals surface area contributed by atoms with Crippen LogP contribution in [0.5, 0.6) is 0 Å². The molecule has 2 N–H and O–H groups in total. The molecule has 0 heterocycles. The minimum absolute atomic E-state index is 0.0537. The molecule has 0 aromatic heterocycles. The summed E-state index contributed by atoms with van der Waals surface area (Å²) in [6, 6.07) is 8.37. The number of rotatable bonds is 10. The van der Waals surface area contributed by atoms with Gasteiger partial charge in [-0.25, -0.2) is 4.79 Å². The van der Waals surface area contributed by atoms with Crippen molar-refractivity contribution in [3.8, 4) is 0 Å². The first-order valence-electron chi connectivity index (χ1n) is 8.96. The van der Waals surface area contributed by atoms with E-state index in [0.29, 0.717) is 6.54 Å². The van der Waals surface area contributed by atoms with Gasteiger partial charge in [0.15, 0.2) is 0 Å². The van der Waals surface area contributed by atoms with Gasteiger partial charge in [0.1, 0.15) is 0 Å². The number of urea groups is 1. The van der Waals surface area contributed by atoms with Crippen LogP contribution in [0.25, 0.3) is 0 Å². The number of aryl methyl sites for hydroxylation is 1. The third-order valence-electron chi connectivity index (χ3n) is 4.48. The number of hydrogen-bond acceptors (Lipinski definition) is 3. The molecular weight excluding hydrogens is 318 g/mol. The summed E-state index contributed by atoms with van der Waals surface area (Å²) in [6.45, 7) is 8.81. The van der Waals surface area contributed by atoms with Crippen LogP contribution in [-0.2, 0) is 11.2 Å². The van der Waals surface area contributed by atoms with Crippen molar-refractivity contribution < 1.29 is 14.7 Å². The smallest absolute Gasteiger partial charge is 0.317 e. The van der Waals surface area contributed by atoms with Gasteiger partial charge < -0.3 is 15.3 Å². The van der Waals surface area contributed by atoms with Gasteiger partial charge in [0.2, 0.25) is 0 Å². The Kier molecular flexibility index (Phi) is 8.99. The highest BCUT2D eigenvalue weighted by atomic mass is 16.4. The zero-order valence-corrected chi connectivity index (χ0v) is 15.8. The van der Waals surface area contributed by atoms with Gasteiger partial charge in [-0.15, -0.1) is 0 Å². The molecule has 1 atom stereocenters. The first-order valence-corrected chi connectivity index (χ1v) is 8.96. The second-order valence-electron chi connectivity index (χ2n) is 6.08. The summed E-state index contributed by atoms with van der Waals surface area (Å²) in [7, 11) is 1.61. The fraction of sp³-hybridized carbons (Fsp3) is 0.579. The van der Waals surface area contributed by atoms with E-state index in [1.807, 2.05) is 0 Å². The lowest BCUT2D eigenvalue weighted by Gasteiger charge is -2.31. The Bertz CT molecular complexity index is 541. The minimum atomic E-state index is -0.906. The molecule has 0 aliphatic carbocycles. The molecule has 6 heteroatoms. The van der Waals surface area contributed by atoms with Crippen molar-refractivity contribution in [2.45, 2.75) is 39.7 Å². The van der Waals surface area contributed by atoms with E-state index in [1.165, 1.54) is 16.0 Å². The van der Waals surface area contributed by atoms with Gasteiger partial charge in [0.25, 0.3) is 0 Å². The number of amides is 2. The van der Waals surface area contributed by atoms with Crippen molar-refractivity contribution in [1.29, 1.82) is 0 Å². The molecule has 2 amide bonds. The largest absolute Gasteiger partial charge is 0.481 e. The topological polar surface area (TPSA) is 72.9 Å². The number of hydrogen-bond donors (Lipinski definition) is 2. The summed E-state index contributed by atoms with van der Waals surface area (Å²) in [6.07, 6.45) is 0.948. The van der Waals surface area contributed by atoms with Crippen LogP contribution in [0, 0.1) is 0 Å². The van der Waals surface area contributed by atoms with Crippen LogP contribution in [0.1, 0.15) is 44.4 Å². The van der Waals surface area contributed by atoms with Crippen molar-refractivity contribution in [2.24, 2.45) is 0 Å². The van der Waals surface area contributed by atoms with Crippen LogP contribution in [0.4, 0.5) is 4.79 Å². The van der Waals surface area contributed by atoms with Gasteiger partial charge in [-0.3, -0.25) is 9.69 Å². The molecule has 1 unspecified atom stereocenters. The Balaban J connectivity index is 2.76. The normalized spacial score (nSPS) is 12.0. The molecule has 0 saturated carbocycles. The lowest BCUT2D eigenvalue weighted by atomic mass is 10.0. The maximum Gasteiger partial charge on any atom is 0.317 e. The van der Waals surface area contributed by atoms with E-state index in [-0.39, 0.29) is 25.0 Å². The lowest BCUT2D eigenvalue weighted by Crippen LogP contribution is -2.43. The lowest BCUT2D eigenvalue weighted by molar-refractivity contribution is -0.137. The maximum absolute atomic E-state index is 12.2. The molecular formula is C19H31N3O3. The van der Waals surface area contributed by atoms with Crippen LogP contribution in [0.15, 0.2) is 24.3 Å². The highest BCUT2D eigenvalue weighted by Crippen LogP contribution is 2.20. The van der Waals surface area contributed by atoms with Gasteiger partial charge in [0, 0.05) is 20.1 Å². The molecule has 0 aliphatic rings. The van der Waals surface area contributed by atoms with Gasteiger partial charge >= 0.3 is 12.0 Å². The van der Waals surface area contributed by atoms with Crippen LogP contribution < -0.4 is 5.32 Å². The molecule has 140 valence electrons. The van der Waals surface area contributed by atoms with E-state index >= 15 is 0 Å². The molecule has 6 nitrogen and oxygen atoms in total. The third kappa shape index (κ3) is 6.74. The van der Waals surface area contributed by atoms with Crippen molar-refractivity contribution in [2.75, 3.05) is 33.2 Å². The Morgan fingerprint density at radius 3 is 2.20 bits per heavy atom. The van der Waals surface area contributed by atoms with Crippen LogP contribution in [0.2, 0.25) is 0 Å². The van der Waals surface area contributed by atoms with Crippen molar-refractivity contribution in [3.05, 3.63) is 35.4 Å².